The molecule has 0 atom stereocenters. The molecule has 3 aromatic rings. The van der Waals surface area contributed by atoms with E-state index in [1.54, 1.807) is 6.92 Å². The summed E-state index contributed by atoms with van der Waals surface area (Å²) >= 11 is 0.911. The van der Waals surface area contributed by atoms with E-state index in [0.717, 1.165) is 41.7 Å². The number of aryl methyl sites for hydroxylation is 1. The molecule has 1 amide bonds. The molecule has 0 saturated heterocycles. The zero-order valence-electron chi connectivity index (χ0n) is 13.7. The first-order valence-corrected chi connectivity index (χ1v) is 8.39. The van der Waals surface area contributed by atoms with E-state index >= 15 is 0 Å². The van der Waals surface area contributed by atoms with Gasteiger partial charge in [0.05, 0.1) is 16.1 Å². The maximum atomic E-state index is 13.7. The Morgan fingerprint density at radius 1 is 1.07 bits per heavy atom. The van der Waals surface area contributed by atoms with Crippen LogP contribution in [0.3, 0.4) is 0 Å². The van der Waals surface area contributed by atoms with Crippen LogP contribution >= 0.6 is 11.3 Å². The zero-order chi connectivity index (χ0) is 19.8. The quantitative estimate of drug-likeness (QED) is 0.578. The van der Waals surface area contributed by atoms with Crippen molar-refractivity contribution in [1.82, 2.24) is 4.98 Å². The molecule has 0 aliphatic rings. The van der Waals surface area contributed by atoms with E-state index in [2.05, 4.69) is 10.3 Å². The van der Waals surface area contributed by atoms with Gasteiger partial charge in [0.1, 0.15) is 17.2 Å². The third-order valence-corrected chi connectivity index (χ3v) is 4.78. The Bertz CT molecular complexity index is 993. The maximum absolute atomic E-state index is 13.7. The molecule has 0 radical (unpaired) electrons. The number of hydrogen-bond donors (Lipinski definition) is 1. The Kier molecular flexibility index (Phi) is 4.97. The zero-order valence-corrected chi connectivity index (χ0v) is 14.5. The van der Waals surface area contributed by atoms with Crippen LogP contribution in [0.4, 0.5) is 27.1 Å². The van der Waals surface area contributed by atoms with Crippen molar-refractivity contribution in [3.8, 4) is 10.4 Å². The van der Waals surface area contributed by atoms with Crippen LogP contribution in [0.15, 0.2) is 42.5 Å². The van der Waals surface area contributed by atoms with Crippen molar-refractivity contribution in [2.75, 3.05) is 5.32 Å². The highest BCUT2D eigenvalue weighted by molar-refractivity contribution is 7.19. The van der Waals surface area contributed by atoms with Crippen LogP contribution in [0.1, 0.15) is 21.6 Å². The molecule has 27 heavy (non-hydrogen) atoms. The number of carbonyl (C=O) groups excluding carboxylic acids is 1. The van der Waals surface area contributed by atoms with Crippen molar-refractivity contribution in [2.45, 2.75) is 13.1 Å². The summed E-state index contributed by atoms with van der Waals surface area (Å²) in [6.07, 6.45) is -4.49. The highest BCUT2D eigenvalue weighted by Gasteiger charge is 2.30. The molecule has 0 aliphatic heterocycles. The minimum absolute atomic E-state index is 0.0209. The van der Waals surface area contributed by atoms with Crippen LogP contribution in [-0.2, 0) is 6.18 Å². The molecule has 0 saturated carbocycles. The van der Waals surface area contributed by atoms with Crippen LogP contribution in [0.25, 0.3) is 10.4 Å². The van der Waals surface area contributed by atoms with Crippen molar-refractivity contribution in [2.24, 2.45) is 0 Å². The number of alkyl halides is 3. The van der Waals surface area contributed by atoms with Gasteiger partial charge in [-0.25, -0.2) is 13.8 Å². The molecular weight excluding hydrogens is 387 g/mol. The summed E-state index contributed by atoms with van der Waals surface area (Å²) in [6.45, 7) is 1.56. The second-order valence-electron chi connectivity index (χ2n) is 5.56. The molecule has 3 nitrogen and oxygen atoms in total. The second kappa shape index (κ2) is 7.07. The predicted molar refractivity (Wildman–Crippen MR) is 91.6 cm³/mol. The van der Waals surface area contributed by atoms with Gasteiger partial charge in [-0.05, 0) is 36.8 Å². The van der Waals surface area contributed by atoms with Gasteiger partial charge in [-0.2, -0.15) is 13.2 Å². The average Bonchev–Trinajstić information content (AvgIpc) is 2.94. The van der Waals surface area contributed by atoms with Crippen LogP contribution in [-0.4, -0.2) is 10.9 Å². The van der Waals surface area contributed by atoms with Gasteiger partial charge < -0.3 is 0 Å². The van der Waals surface area contributed by atoms with Gasteiger partial charge in [-0.3, -0.25) is 10.1 Å². The number of nitrogens with one attached hydrogen (secondary N) is 1. The van der Waals surface area contributed by atoms with Gasteiger partial charge in [0, 0.05) is 0 Å². The van der Waals surface area contributed by atoms with Gasteiger partial charge in [0.2, 0.25) is 0 Å². The monoisotopic (exact) mass is 398 g/mol. The van der Waals surface area contributed by atoms with Gasteiger partial charge in [0.25, 0.3) is 5.91 Å². The highest BCUT2D eigenvalue weighted by atomic mass is 32.1. The lowest BCUT2D eigenvalue weighted by atomic mass is 10.1. The predicted octanol–water partition coefficient (Wildman–Crippen LogP) is 5.67. The molecule has 1 heterocycles. The van der Waals surface area contributed by atoms with E-state index in [-0.39, 0.29) is 10.7 Å². The first-order chi connectivity index (χ1) is 12.7. The second-order valence-corrected chi connectivity index (χ2v) is 6.56. The number of amides is 1. The van der Waals surface area contributed by atoms with E-state index < -0.39 is 34.8 Å². The number of rotatable bonds is 3. The summed E-state index contributed by atoms with van der Waals surface area (Å²) in [5.74, 6) is -3.09. The van der Waals surface area contributed by atoms with Crippen molar-refractivity contribution in [3.05, 3.63) is 70.9 Å². The smallest absolute Gasteiger partial charge is 0.298 e. The number of benzene rings is 2. The van der Waals surface area contributed by atoms with Crippen molar-refractivity contribution < 1.29 is 26.7 Å². The minimum atomic E-state index is -4.49. The first-order valence-electron chi connectivity index (χ1n) is 7.57. The topological polar surface area (TPSA) is 42.0 Å². The first kappa shape index (κ1) is 19.0. The minimum Gasteiger partial charge on any atom is -0.298 e. The molecule has 9 heteroatoms. The van der Waals surface area contributed by atoms with E-state index in [9.17, 15) is 26.7 Å². The summed E-state index contributed by atoms with van der Waals surface area (Å²) in [7, 11) is 0. The van der Waals surface area contributed by atoms with E-state index in [4.69, 9.17) is 0 Å². The highest BCUT2D eigenvalue weighted by Crippen LogP contribution is 2.36. The number of carbonyl (C=O) groups is 1. The van der Waals surface area contributed by atoms with Crippen LogP contribution in [0.2, 0.25) is 0 Å². The third kappa shape index (κ3) is 3.97. The number of anilines is 1. The number of nitrogens with zero attached hydrogens (tertiary/aromatic N) is 1. The SMILES string of the molecule is Cc1nc(NC(=O)c2c(F)cccc2F)sc1-c1cccc(C(F)(F)F)c1. The fraction of sp³-hybridized carbons (Fsp3) is 0.111. The summed E-state index contributed by atoms with van der Waals surface area (Å²) < 4.78 is 66.0. The normalized spacial score (nSPS) is 11.5. The molecule has 0 fully saturated rings. The molecule has 0 spiro atoms. The molecule has 3 rings (SSSR count). The van der Waals surface area contributed by atoms with Crippen molar-refractivity contribution in [3.63, 3.8) is 0 Å². The van der Waals surface area contributed by atoms with Gasteiger partial charge in [-0.1, -0.05) is 29.5 Å². The largest absolute Gasteiger partial charge is 0.416 e. The average molecular weight is 398 g/mol. The van der Waals surface area contributed by atoms with Crippen LogP contribution < -0.4 is 5.32 Å². The fourth-order valence-corrected chi connectivity index (χ4v) is 3.39. The van der Waals surface area contributed by atoms with Crippen LogP contribution in [0, 0.1) is 18.6 Å². The van der Waals surface area contributed by atoms with E-state index in [1.807, 2.05) is 0 Å². The summed E-state index contributed by atoms with van der Waals surface area (Å²) in [6, 6.07) is 7.69. The van der Waals surface area contributed by atoms with Gasteiger partial charge in [0.15, 0.2) is 5.13 Å². The molecule has 1 N–H and O–H groups in total. The molecular formula is C18H11F5N2OS. The summed E-state index contributed by atoms with van der Waals surface area (Å²) in [4.78, 5) is 16.6. The van der Waals surface area contributed by atoms with E-state index in [1.165, 1.54) is 12.1 Å². The number of aromatic nitrogens is 1. The summed E-state index contributed by atoms with van der Waals surface area (Å²) in [5, 5.41) is 2.30. The molecule has 1 aromatic heterocycles. The Morgan fingerprint density at radius 2 is 1.70 bits per heavy atom. The molecule has 0 aliphatic carbocycles. The lowest BCUT2D eigenvalue weighted by Crippen LogP contribution is -2.15. The van der Waals surface area contributed by atoms with E-state index in [0.29, 0.717) is 10.6 Å². The van der Waals surface area contributed by atoms with Gasteiger partial charge in [-0.15, -0.1) is 0 Å². The standard InChI is InChI=1S/C18H11F5N2OS/c1-9-15(10-4-2-5-11(8-10)18(21,22)23)27-17(24-9)25-16(26)14-12(19)6-3-7-13(14)20/h2-8H,1H3,(H,24,25,26). The summed E-state index contributed by atoms with van der Waals surface area (Å²) in [5.41, 5.74) is -0.918. The molecule has 0 bridgehead atoms. The van der Waals surface area contributed by atoms with Crippen molar-refractivity contribution >= 4 is 22.4 Å². The Hall–Kier alpha value is -2.81. The number of hydrogen-bond acceptors (Lipinski definition) is 3. The lowest BCUT2D eigenvalue weighted by Gasteiger charge is -2.07. The fourth-order valence-electron chi connectivity index (χ4n) is 2.43. The molecule has 0 unspecified atom stereocenters. The maximum Gasteiger partial charge on any atom is 0.416 e. The Balaban J connectivity index is 1.91. The van der Waals surface area contributed by atoms with Crippen molar-refractivity contribution in [1.29, 1.82) is 0 Å². The number of halogens is 5. The lowest BCUT2D eigenvalue weighted by molar-refractivity contribution is -0.137. The molecule has 2 aromatic carbocycles. The third-order valence-electron chi connectivity index (χ3n) is 3.66. The Morgan fingerprint density at radius 3 is 2.33 bits per heavy atom. The van der Waals surface area contributed by atoms with Crippen LogP contribution in [0.5, 0.6) is 0 Å². The van der Waals surface area contributed by atoms with Gasteiger partial charge >= 0.3 is 6.18 Å². The molecule has 140 valence electrons. The Labute approximate surface area is 154 Å². The number of thiazole rings is 1.